The van der Waals surface area contributed by atoms with Crippen LogP contribution in [0.1, 0.15) is 6.23 Å². The Morgan fingerprint density at radius 2 is 1.62 bits per heavy atom. The summed E-state index contributed by atoms with van der Waals surface area (Å²) in [5, 5.41) is 58.3. The van der Waals surface area contributed by atoms with E-state index < -0.39 is 94.7 Å². The molecule has 0 amide bonds. The number of carboxylic acid groups (broad SMARTS) is 1. The van der Waals surface area contributed by atoms with Gasteiger partial charge in [-0.05, 0) is 0 Å². The summed E-state index contributed by atoms with van der Waals surface area (Å²) in [6.45, 7) is -1.07. The zero-order chi connectivity index (χ0) is 27.9. The molecule has 1 aromatic heterocycles. The van der Waals surface area contributed by atoms with E-state index in [2.05, 4.69) is 18.1 Å². The minimum absolute atomic E-state index is 0.700. The van der Waals surface area contributed by atoms with Gasteiger partial charge in [-0.2, -0.15) is 4.31 Å². The highest BCUT2D eigenvalue weighted by Crippen LogP contribution is 2.61. The molecule has 0 aromatic carbocycles. The van der Waals surface area contributed by atoms with Gasteiger partial charge in [-0.25, -0.2) is 18.7 Å². The van der Waals surface area contributed by atoms with Crippen LogP contribution in [0, 0.1) is 0 Å². The van der Waals surface area contributed by atoms with E-state index in [1.165, 1.54) is 0 Å². The van der Waals surface area contributed by atoms with Gasteiger partial charge in [-0.1, -0.05) is 0 Å². The van der Waals surface area contributed by atoms with E-state index in [0.717, 1.165) is 12.3 Å². The van der Waals surface area contributed by atoms with Crippen molar-refractivity contribution in [1.82, 2.24) is 9.55 Å². The molecule has 0 spiro atoms. The van der Waals surface area contributed by atoms with Gasteiger partial charge in [-0.3, -0.25) is 23.4 Å². The summed E-state index contributed by atoms with van der Waals surface area (Å²) in [5.74, 6) is -1.85. The highest BCUT2D eigenvalue weighted by atomic mass is 31.3. The first-order chi connectivity index (χ1) is 17.0. The van der Waals surface area contributed by atoms with Crippen LogP contribution in [0.3, 0.4) is 0 Å². The van der Waals surface area contributed by atoms with Crippen molar-refractivity contribution in [2.24, 2.45) is 0 Å². The van der Waals surface area contributed by atoms with Crippen molar-refractivity contribution in [3.8, 4) is 0 Å². The lowest BCUT2D eigenvalue weighted by atomic mass is 9.99. The van der Waals surface area contributed by atoms with E-state index in [1.54, 1.807) is 0 Å². The van der Waals surface area contributed by atoms with Gasteiger partial charge in [0.25, 0.3) is 5.56 Å². The maximum atomic E-state index is 12.2. The second-order valence-corrected chi connectivity index (χ2v) is 10.7. The Morgan fingerprint density at radius 1 is 0.973 bits per heavy atom. The Morgan fingerprint density at radius 3 is 2.22 bits per heavy atom. The van der Waals surface area contributed by atoms with Gasteiger partial charge < -0.3 is 49.9 Å². The van der Waals surface area contributed by atoms with Crippen molar-refractivity contribution < 1.29 is 77.2 Å². The number of nitrogens with one attached hydrogen (secondary N) is 1. The molecule has 4 unspecified atom stereocenters. The normalized spacial score (nSPS) is 37.5. The van der Waals surface area contributed by atoms with E-state index in [4.69, 9.17) is 9.84 Å². The molecular formula is C15H22N2O18P2. The molecule has 2 saturated heterocycles. The van der Waals surface area contributed by atoms with Crippen molar-refractivity contribution >= 4 is 21.6 Å². The fourth-order valence-corrected chi connectivity index (χ4v) is 5.49. The molecule has 22 heteroatoms. The first kappa shape index (κ1) is 29.7. The molecule has 210 valence electrons. The maximum Gasteiger partial charge on any atom is 0.483 e. The summed E-state index contributed by atoms with van der Waals surface area (Å²) in [5.41, 5.74) is -1.78. The van der Waals surface area contributed by atoms with Gasteiger partial charge in [0, 0.05) is 12.3 Å². The molecule has 0 aliphatic carbocycles. The average molecular weight is 580 g/mol. The lowest BCUT2D eigenvalue weighted by Crippen LogP contribution is -2.60. The Kier molecular flexibility index (Phi) is 8.89. The number of rotatable bonds is 9. The predicted molar refractivity (Wildman–Crippen MR) is 109 cm³/mol. The number of aliphatic hydroxyl groups excluding tert-OH is 5. The van der Waals surface area contributed by atoms with Crippen LogP contribution in [0.4, 0.5) is 0 Å². The summed E-state index contributed by atoms with van der Waals surface area (Å²) in [6, 6.07) is 0.910. The summed E-state index contributed by atoms with van der Waals surface area (Å²) in [7, 11) is -11.3. The number of H-pyrrole nitrogens is 1. The lowest BCUT2D eigenvalue weighted by molar-refractivity contribution is -0.274. The number of aromatic nitrogens is 2. The summed E-state index contributed by atoms with van der Waals surface area (Å²) in [4.78, 5) is 55.5. The number of carboxylic acids is 1. The molecule has 3 heterocycles. The van der Waals surface area contributed by atoms with Crippen LogP contribution in [-0.4, -0.2) is 112 Å². The number of hydrogen-bond donors (Lipinski definition) is 9. The van der Waals surface area contributed by atoms with Crippen LogP contribution < -0.4 is 11.2 Å². The van der Waals surface area contributed by atoms with Crippen LogP contribution in [0.2, 0.25) is 0 Å². The molecule has 11 atom stereocenters. The third kappa shape index (κ3) is 6.77. The molecular weight excluding hydrogens is 558 g/mol. The third-order valence-electron chi connectivity index (χ3n) is 5.12. The van der Waals surface area contributed by atoms with Gasteiger partial charge in [0.1, 0.15) is 36.6 Å². The van der Waals surface area contributed by atoms with Gasteiger partial charge in [0.05, 0.1) is 6.61 Å². The largest absolute Gasteiger partial charge is 0.483 e. The fourth-order valence-electron chi connectivity index (χ4n) is 3.34. The Balaban J connectivity index is 1.63. The zero-order valence-electron chi connectivity index (χ0n) is 18.1. The van der Waals surface area contributed by atoms with Crippen LogP contribution in [-0.2, 0) is 36.8 Å². The number of aliphatic hydroxyl groups is 5. The van der Waals surface area contributed by atoms with E-state index >= 15 is 0 Å². The van der Waals surface area contributed by atoms with Gasteiger partial charge in [0.15, 0.2) is 18.6 Å². The summed E-state index contributed by atoms with van der Waals surface area (Å²) in [6.07, 6.45) is -17.2. The Hall–Kier alpha value is -1.87. The minimum atomic E-state index is -5.72. The van der Waals surface area contributed by atoms with Crippen molar-refractivity contribution in [3.63, 3.8) is 0 Å². The quantitative estimate of drug-likeness (QED) is 0.124. The molecule has 2 aliphatic rings. The summed E-state index contributed by atoms with van der Waals surface area (Å²) < 4.78 is 47.6. The number of aromatic amines is 1. The summed E-state index contributed by atoms with van der Waals surface area (Å²) >= 11 is 0. The standard InChI is InChI=1S/C15H22N2O18P2/c18-5-1-2-17(15(26)16-5)12-9(22)6(19)4(32-12)3-31-36(27,28)35-37(29,30)34-14-10(23)7(20)8(21)11(33-14)13(24)25/h1-2,4,6-12,14,19-23H,3H2,(H,24,25)(H,27,28)(H,29,30)(H,16,18,26)/t4-,6-,7+,8+,9-,10-,11+,12?,14?/m1/s1. The molecule has 2 fully saturated rings. The van der Waals surface area contributed by atoms with E-state index in [0.29, 0.717) is 4.57 Å². The number of carbonyl (C=O) groups is 1. The average Bonchev–Trinajstić information content (AvgIpc) is 3.05. The molecule has 0 bridgehead atoms. The second-order valence-electron chi connectivity index (χ2n) is 7.72. The fraction of sp³-hybridized carbons (Fsp3) is 0.667. The topological polar surface area (TPSA) is 314 Å². The number of phosphoric ester groups is 2. The third-order valence-corrected chi connectivity index (χ3v) is 7.72. The maximum absolute atomic E-state index is 12.2. The van der Waals surface area contributed by atoms with Crippen molar-refractivity contribution in [2.75, 3.05) is 6.61 Å². The molecule has 0 saturated carbocycles. The number of aliphatic carboxylic acids is 1. The van der Waals surface area contributed by atoms with Crippen LogP contribution in [0.25, 0.3) is 0 Å². The van der Waals surface area contributed by atoms with Crippen LogP contribution in [0.5, 0.6) is 0 Å². The molecule has 3 rings (SSSR count). The Bertz CT molecular complexity index is 1200. The molecule has 20 nitrogen and oxygen atoms in total. The van der Waals surface area contributed by atoms with Crippen LogP contribution in [0.15, 0.2) is 21.9 Å². The molecule has 2 aliphatic heterocycles. The first-order valence-electron chi connectivity index (χ1n) is 9.98. The van der Waals surface area contributed by atoms with Gasteiger partial charge in [0.2, 0.25) is 0 Å². The van der Waals surface area contributed by atoms with Crippen molar-refractivity contribution in [2.45, 2.75) is 55.2 Å². The monoisotopic (exact) mass is 580 g/mol. The van der Waals surface area contributed by atoms with Crippen molar-refractivity contribution in [1.29, 1.82) is 0 Å². The zero-order valence-corrected chi connectivity index (χ0v) is 19.8. The molecule has 37 heavy (non-hydrogen) atoms. The number of hydrogen-bond acceptors (Lipinski definition) is 15. The van der Waals surface area contributed by atoms with E-state index in [9.17, 15) is 58.8 Å². The number of nitrogens with zero attached hydrogens (tertiary/aromatic N) is 1. The van der Waals surface area contributed by atoms with E-state index in [1.807, 2.05) is 4.98 Å². The number of ether oxygens (including phenoxy) is 2. The molecule has 0 radical (unpaired) electrons. The molecule has 1 aromatic rings. The number of phosphoric acid groups is 2. The van der Waals surface area contributed by atoms with Gasteiger partial charge in [-0.15, -0.1) is 0 Å². The van der Waals surface area contributed by atoms with E-state index in [-0.39, 0.29) is 0 Å². The van der Waals surface area contributed by atoms with Gasteiger partial charge >= 0.3 is 27.3 Å². The highest BCUT2D eigenvalue weighted by Gasteiger charge is 2.51. The SMILES string of the molecule is O=C(O)[C@H]1OC(OP(=O)(O)OP(=O)(O)OC[C@H]2OC(n3ccc(=O)[nH]c3=O)[C@H](O)[C@@H]2O)[C@H](O)[C@@H](O)[C@@H]1O. The highest BCUT2D eigenvalue weighted by molar-refractivity contribution is 7.61. The van der Waals surface area contributed by atoms with Crippen molar-refractivity contribution in [3.05, 3.63) is 33.1 Å². The smallest absolute Gasteiger partial charge is 0.479 e. The Labute approximate surface area is 204 Å². The first-order valence-corrected chi connectivity index (χ1v) is 13.0. The molecule has 9 N–H and O–H groups in total. The second kappa shape index (κ2) is 11.1. The lowest BCUT2D eigenvalue weighted by Gasteiger charge is -2.38. The van der Waals surface area contributed by atoms with Crippen LogP contribution >= 0.6 is 15.6 Å². The minimum Gasteiger partial charge on any atom is -0.479 e. The predicted octanol–water partition coefficient (Wildman–Crippen LogP) is -4.70.